The van der Waals surface area contributed by atoms with Gasteiger partial charge in [0.05, 0.1) is 21.9 Å². The normalized spacial score (nSPS) is 16.3. The summed E-state index contributed by atoms with van der Waals surface area (Å²) in [5, 5.41) is 7.80. The molecule has 3 N–H and O–H groups in total. The molecular weight excluding hydrogens is 378 g/mol. The van der Waals surface area contributed by atoms with Gasteiger partial charge in [-0.15, -0.1) is 0 Å². The molecule has 8 nitrogen and oxygen atoms in total. The standard InChI is InChI=1S/C16H15N3O5S2/c17-25(21,22)12-2-4-15-10(7-12)5-6-19(15)26(23,24)13-1-3-14-11(8-13)9-16(20)18-14/h1-4,7-8H,5-6,9H2,(H,18,20)(H2,17,21,22). The first-order valence-electron chi connectivity index (χ1n) is 7.77. The predicted octanol–water partition coefficient (Wildman–Crippen LogP) is 0.580. The van der Waals surface area contributed by atoms with Gasteiger partial charge in [-0.3, -0.25) is 9.10 Å². The summed E-state index contributed by atoms with van der Waals surface area (Å²) in [6.07, 6.45) is 0.538. The van der Waals surface area contributed by atoms with Gasteiger partial charge in [-0.2, -0.15) is 0 Å². The van der Waals surface area contributed by atoms with Gasteiger partial charge in [0.25, 0.3) is 10.0 Å². The van der Waals surface area contributed by atoms with Gasteiger partial charge >= 0.3 is 0 Å². The van der Waals surface area contributed by atoms with E-state index in [2.05, 4.69) is 5.32 Å². The molecule has 2 aliphatic heterocycles. The molecule has 1 amide bonds. The van der Waals surface area contributed by atoms with E-state index in [1.54, 1.807) is 6.07 Å². The maximum atomic E-state index is 13.0. The van der Waals surface area contributed by atoms with Crippen LogP contribution in [0, 0.1) is 0 Å². The predicted molar refractivity (Wildman–Crippen MR) is 94.8 cm³/mol. The maximum absolute atomic E-state index is 13.0. The Kier molecular flexibility index (Phi) is 3.62. The summed E-state index contributed by atoms with van der Waals surface area (Å²) in [6.45, 7) is 0.208. The lowest BCUT2D eigenvalue weighted by molar-refractivity contribution is -0.115. The van der Waals surface area contributed by atoms with Crippen LogP contribution in [0.1, 0.15) is 11.1 Å². The number of nitrogens with zero attached hydrogens (tertiary/aromatic N) is 1. The number of nitrogens with two attached hydrogens (primary N) is 1. The van der Waals surface area contributed by atoms with E-state index in [0.29, 0.717) is 28.9 Å². The summed E-state index contributed by atoms with van der Waals surface area (Å²) in [4.78, 5) is 11.5. The first-order chi connectivity index (χ1) is 12.2. The average molecular weight is 393 g/mol. The van der Waals surface area contributed by atoms with E-state index < -0.39 is 20.0 Å². The lowest BCUT2D eigenvalue weighted by Crippen LogP contribution is -2.29. The number of amides is 1. The fourth-order valence-electron chi connectivity index (χ4n) is 3.27. The third-order valence-electron chi connectivity index (χ3n) is 4.52. The highest BCUT2D eigenvalue weighted by molar-refractivity contribution is 7.92. The molecule has 2 aromatic rings. The Morgan fingerprint density at radius 2 is 1.65 bits per heavy atom. The van der Waals surface area contributed by atoms with E-state index in [9.17, 15) is 21.6 Å². The number of carbonyl (C=O) groups is 1. The van der Waals surface area contributed by atoms with Crippen molar-refractivity contribution < 1.29 is 21.6 Å². The van der Waals surface area contributed by atoms with Crippen LogP contribution >= 0.6 is 0 Å². The maximum Gasteiger partial charge on any atom is 0.264 e. The number of benzene rings is 2. The van der Waals surface area contributed by atoms with Gasteiger partial charge < -0.3 is 5.32 Å². The monoisotopic (exact) mass is 393 g/mol. The number of nitrogens with one attached hydrogen (secondary N) is 1. The third kappa shape index (κ3) is 2.66. The van der Waals surface area contributed by atoms with Crippen LogP contribution in [0.25, 0.3) is 0 Å². The highest BCUT2D eigenvalue weighted by Gasteiger charge is 2.32. The van der Waals surface area contributed by atoms with Gasteiger partial charge in [-0.25, -0.2) is 22.0 Å². The number of fused-ring (bicyclic) bond motifs is 2. The van der Waals surface area contributed by atoms with Crippen molar-refractivity contribution in [3.05, 3.63) is 47.5 Å². The lowest BCUT2D eigenvalue weighted by atomic mass is 10.2. The molecule has 0 atom stereocenters. The molecular formula is C16H15N3O5S2. The van der Waals surface area contributed by atoms with Crippen LogP contribution in [0.5, 0.6) is 0 Å². The molecule has 0 fully saturated rings. The van der Waals surface area contributed by atoms with Crippen molar-refractivity contribution in [1.82, 2.24) is 0 Å². The fourth-order valence-corrected chi connectivity index (χ4v) is 5.39. The summed E-state index contributed by atoms with van der Waals surface area (Å²) in [6, 6.07) is 8.70. The Balaban J connectivity index is 1.74. The quantitative estimate of drug-likeness (QED) is 0.789. The van der Waals surface area contributed by atoms with Crippen LogP contribution in [0.2, 0.25) is 0 Å². The molecule has 0 aromatic heterocycles. The number of sulfonamides is 2. The molecule has 0 unspecified atom stereocenters. The molecule has 2 aromatic carbocycles. The molecule has 0 saturated carbocycles. The zero-order valence-electron chi connectivity index (χ0n) is 13.5. The number of rotatable bonds is 3. The SMILES string of the molecule is NS(=O)(=O)c1ccc2c(c1)CCN2S(=O)(=O)c1ccc2c(c1)CC(=O)N2. The zero-order valence-corrected chi connectivity index (χ0v) is 15.1. The number of anilines is 2. The molecule has 0 bridgehead atoms. The largest absolute Gasteiger partial charge is 0.326 e. The minimum Gasteiger partial charge on any atom is -0.326 e. The van der Waals surface area contributed by atoms with Gasteiger partial charge in [0.15, 0.2) is 0 Å². The molecule has 0 saturated heterocycles. The molecule has 0 radical (unpaired) electrons. The second kappa shape index (κ2) is 5.53. The summed E-state index contributed by atoms with van der Waals surface area (Å²) < 4.78 is 50.3. The molecule has 136 valence electrons. The number of hydrogen-bond acceptors (Lipinski definition) is 5. The van der Waals surface area contributed by atoms with Crippen molar-refractivity contribution in [2.45, 2.75) is 22.6 Å². The zero-order chi connectivity index (χ0) is 18.7. The van der Waals surface area contributed by atoms with Gasteiger partial charge in [-0.05, 0) is 53.9 Å². The smallest absolute Gasteiger partial charge is 0.264 e. The molecule has 4 rings (SSSR count). The minimum atomic E-state index is -3.85. The van der Waals surface area contributed by atoms with Crippen LogP contribution in [0.3, 0.4) is 0 Å². The van der Waals surface area contributed by atoms with E-state index >= 15 is 0 Å². The summed E-state index contributed by atoms with van der Waals surface area (Å²) in [5.41, 5.74) is 2.30. The van der Waals surface area contributed by atoms with E-state index in [-0.39, 0.29) is 28.7 Å². The van der Waals surface area contributed by atoms with Crippen molar-refractivity contribution >= 4 is 37.3 Å². The molecule has 0 spiro atoms. The highest BCUT2D eigenvalue weighted by Crippen LogP contribution is 2.35. The second-order valence-corrected chi connectivity index (χ2v) is 9.63. The van der Waals surface area contributed by atoms with Crippen LogP contribution < -0.4 is 14.8 Å². The van der Waals surface area contributed by atoms with Crippen LogP contribution in [-0.2, 0) is 37.7 Å². The molecule has 2 aliphatic rings. The first kappa shape index (κ1) is 17.0. The number of hydrogen-bond donors (Lipinski definition) is 2. The van der Waals surface area contributed by atoms with Crippen LogP contribution in [0.4, 0.5) is 11.4 Å². The van der Waals surface area contributed by atoms with E-state index in [0.717, 1.165) is 0 Å². The van der Waals surface area contributed by atoms with Crippen molar-refractivity contribution in [3.8, 4) is 0 Å². The van der Waals surface area contributed by atoms with E-state index in [1.807, 2.05) is 0 Å². The molecule has 2 heterocycles. The van der Waals surface area contributed by atoms with Crippen molar-refractivity contribution in [1.29, 1.82) is 0 Å². The Bertz CT molecular complexity index is 1160. The van der Waals surface area contributed by atoms with Crippen molar-refractivity contribution in [2.75, 3.05) is 16.2 Å². The minimum absolute atomic E-state index is 0.0439. The van der Waals surface area contributed by atoms with Gasteiger partial charge in [0.2, 0.25) is 15.9 Å². The van der Waals surface area contributed by atoms with Crippen LogP contribution in [0.15, 0.2) is 46.2 Å². The number of primary sulfonamides is 1. The number of carbonyl (C=O) groups excluding carboxylic acids is 1. The lowest BCUT2D eigenvalue weighted by Gasteiger charge is -2.20. The Hall–Kier alpha value is -2.43. The van der Waals surface area contributed by atoms with Gasteiger partial charge in [0.1, 0.15) is 0 Å². The van der Waals surface area contributed by atoms with E-state index in [4.69, 9.17) is 5.14 Å². The molecule has 0 aliphatic carbocycles. The fraction of sp³-hybridized carbons (Fsp3) is 0.188. The van der Waals surface area contributed by atoms with E-state index in [1.165, 1.54) is 34.6 Å². The van der Waals surface area contributed by atoms with Gasteiger partial charge in [-0.1, -0.05) is 0 Å². The average Bonchev–Trinajstić information content (AvgIpc) is 3.14. The van der Waals surface area contributed by atoms with Crippen molar-refractivity contribution in [2.24, 2.45) is 5.14 Å². The summed E-state index contributed by atoms with van der Waals surface area (Å²) in [5.74, 6) is -0.170. The Labute approximate surface area is 150 Å². The second-order valence-electron chi connectivity index (χ2n) is 6.21. The summed E-state index contributed by atoms with van der Waals surface area (Å²) in [7, 11) is -7.67. The topological polar surface area (TPSA) is 127 Å². The van der Waals surface area contributed by atoms with Crippen molar-refractivity contribution in [3.63, 3.8) is 0 Å². The Morgan fingerprint density at radius 3 is 2.38 bits per heavy atom. The Morgan fingerprint density at radius 1 is 0.962 bits per heavy atom. The first-order valence-corrected chi connectivity index (χ1v) is 10.8. The molecule has 26 heavy (non-hydrogen) atoms. The summed E-state index contributed by atoms with van der Waals surface area (Å²) >= 11 is 0. The highest BCUT2D eigenvalue weighted by atomic mass is 32.2. The third-order valence-corrected chi connectivity index (χ3v) is 7.24. The van der Waals surface area contributed by atoms with Crippen LogP contribution in [-0.4, -0.2) is 29.3 Å². The van der Waals surface area contributed by atoms with Gasteiger partial charge in [0, 0.05) is 12.2 Å². The molecule has 10 heteroatoms.